The molecule has 0 bridgehead atoms. The summed E-state index contributed by atoms with van der Waals surface area (Å²) in [5, 5.41) is 8.81. The first-order valence-corrected chi connectivity index (χ1v) is 6.80. The zero-order chi connectivity index (χ0) is 12.5. The molecule has 0 atom stereocenters. The number of halogens is 1. The standard InChI is InChI=1S/C8H9ClO5S2/c1-4(2)14-16(12,13)5-3-6(9)15-7(5)8(10)11/h3-4H,1-2H3,(H,10,11). The predicted octanol–water partition coefficient (Wildman–Crippen LogP) is 2.21. The average Bonchev–Trinajstić information content (AvgIpc) is 2.45. The van der Waals surface area contributed by atoms with E-state index in [9.17, 15) is 13.2 Å². The molecule has 0 aliphatic heterocycles. The zero-order valence-electron chi connectivity index (χ0n) is 8.43. The lowest BCUT2D eigenvalue weighted by atomic mass is 10.5. The van der Waals surface area contributed by atoms with Crippen LogP contribution in [-0.2, 0) is 14.3 Å². The van der Waals surface area contributed by atoms with E-state index in [4.69, 9.17) is 16.7 Å². The van der Waals surface area contributed by atoms with E-state index in [1.807, 2.05) is 0 Å². The molecule has 0 aromatic carbocycles. The van der Waals surface area contributed by atoms with Gasteiger partial charge in [0.25, 0.3) is 10.1 Å². The van der Waals surface area contributed by atoms with Gasteiger partial charge in [-0.05, 0) is 19.9 Å². The van der Waals surface area contributed by atoms with Crippen LogP contribution in [0, 0.1) is 0 Å². The van der Waals surface area contributed by atoms with Crippen LogP contribution in [-0.4, -0.2) is 25.6 Å². The SMILES string of the molecule is CC(C)OS(=O)(=O)c1cc(Cl)sc1C(=O)O. The topological polar surface area (TPSA) is 80.7 Å². The van der Waals surface area contributed by atoms with Gasteiger partial charge in [-0.1, -0.05) is 11.6 Å². The maximum atomic E-state index is 11.6. The van der Waals surface area contributed by atoms with Crippen molar-refractivity contribution in [2.45, 2.75) is 24.8 Å². The monoisotopic (exact) mass is 284 g/mol. The van der Waals surface area contributed by atoms with Gasteiger partial charge in [0.2, 0.25) is 0 Å². The third kappa shape index (κ3) is 2.94. The Balaban J connectivity index is 3.27. The molecule has 1 aromatic rings. The lowest BCUT2D eigenvalue weighted by molar-refractivity contribution is 0.0697. The first-order chi connectivity index (χ1) is 7.24. The van der Waals surface area contributed by atoms with Crippen molar-refractivity contribution in [3.63, 3.8) is 0 Å². The molecule has 0 unspecified atom stereocenters. The van der Waals surface area contributed by atoms with Gasteiger partial charge in [-0.25, -0.2) is 4.79 Å². The molecule has 0 aliphatic carbocycles. The minimum Gasteiger partial charge on any atom is -0.477 e. The van der Waals surface area contributed by atoms with Crippen molar-refractivity contribution < 1.29 is 22.5 Å². The molecule has 5 nitrogen and oxygen atoms in total. The molecule has 0 aliphatic rings. The van der Waals surface area contributed by atoms with Crippen molar-refractivity contribution in [1.29, 1.82) is 0 Å². The van der Waals surface area contributed by atoms with Gasteiger partial charge in [-0.2, -0.15) is 8.42 Å². The Morgan fingerprint density at radius 1 is 1.56 bits per heavy atom. The second-order valence-electron chi connectivity index (χ2n) is 3.15. The van der Waals surface area contributed by atoms with Gasteiger partial charge in [-0.3, -0.25) is 4.18 Å². The molecule has 0 saturated carbocycles. The number of carboxylic acids is 1. The Hall–Kier alpha value is -0.630. The molecule has 8 heteroatoms. The summed E-state index contributed by atoms with van der Waals surface area (Å²) in [7, 11) is -4.07. The van der Waals surface area contributed by atoms with Crippen molar-refractivity contribution in [1.82, 2.24) is 0 Å². The molecule has 16 heavy (non-hydrogen) atoms. The second-order valence-corrected chi connectivity index (χ2v) is 6.37. The fourth-order valence-corrected chi connectivity index (χ4v) is 3.70. The summed E-state index contributed by atoms with van der Waals surface area (Å²) in [6, 6.07) is 1.08. The normalized spacial score (nSPS) is 12.0. The average molecular weight is 285 g/mol. The van der Waals surface area contributed by atoms with E-state index >= 15 is 0 Å². The third-order valence-corrected chi connectivity index (χ3v) is 4.33. The van der Waals surface area contributed by atoms with Crippen LogP contribution in [0.4, 0.5) is 0 Å². The third-order valence-electron chi connectivity index (χ3n) is 1.45. The lowest BCUT2D eigenvalue weighted by Crippen LogP contribution is -2.14. The molecule has 90 valence electrons. The molecule has 0 amide bonds. The van der Waals surface area contributed by atoms with Crippen molar-refractivity contribution in [3.05, 3.63) is 15.3 Å². The van der Waals surface area contributed by atoms with Gasteiger partial charge in [-0.15, -0.1) is 11.3 Å². The number of carbonyl (C=O) groups is 1. The molecular weight excluding hydrogens is 276 g/mol. The second kappa shape index (κ2) is 4.70. The van der Waals surface area contributed by atoms with E-state index in [2.05, 4.69) is 4.18 Å². The van der Waals surface area contributed by atoms with Crippen LogP contribution in [0.3, 0.4) is 0 Å². The van der Waals surface area contributed by atoms with Gasteiger partial charge in [0.05, 0.1) is 10.4 Å². The van der Waals surface area contributed by atoms with Gasteiger partial charge < -0.3 is 5.11 Å². The van der Waals surface area contributed by atoms with Gasteiger partial charge >= 0.3 is 5.97 Å². The molecule has 0 spiro atoms. The highest BCUT2D eigenvalue weighted by atomic mass is 35.5. The van der Waals surface area contributed by atoms with Crippen LogP contribution in [0.15, 0.2) is 11.0 Å². The summed E-state index contributed by atoms with van der Waals surface area (Å²) in [6.45, 7) is 3.07. The Kier molecular flexibility index (Phi) is 3.95. The summed E-state index contributed by atoms with van der Waals surface area (Å²) in [6.07, 6.45) is -0.565. The molecule has 0 saturated heterocycles. The fourth-order valence-electron chi connectivity index (χ4n) is 0.986. The van der Waals surface area contributed by atoms with Gasteiger partial charge in [0.1, 0.15) is 9.77 Å². The number of carboxylic acid groups (broad SMARTS) is 1. The first-order valence-electron chi connectivity index (χ1n) is 4.20. The van der Waals surface area contributed by atoms with E-state index in [1.54, 1.807) is 0 Å². The summed E-state index contributed by atoms with van der Waals surface area (Å²) < 4.78 is 28.1. The molecule has 1 aromatic heterocycles. The van der Waals surface area contributed by atoms with Crippen molar-refractivity contribution in [2.75, 3.05) is 0 Å². The zero-order valence-corrected chi connectivity index (χ0v) is 10.8. The Morgan fingerprint density at radius 2 is 2.12 bits per heavy atom. The fraction of sp³-hybridized carbons (Fsp3) is 0.375. The Bertz CT molecular complexity index is 502. The molecule has 0 radical (unpaired) electrons. The highest BCUT2D eigenvalue weighted by Gasteiger charge is 2.27. The largest absolute Gasteiger partial charge is 0.477 e. The molecular formula is C8H9ClO5S2. The molecule has 1 heterocycles. The molecule has 1 rings (SSSR count). The van der Waals surface area contributed by atoms with E-state index in [0.29, 0.717) is 11.3 Å². The van der Waals surface area contributed by atoms with Crippen molar-refractivity contribution in [3.8, 4) is 0 Å². The van der Waals surface area contributed by atoms with Crippen LogP contribution in [0.2, 0.25) is 4.34 Å². The lowest BCUT2D eigenvalue weighted by Gasteiger charge is -2.07. The van der Waals surface area contributed by atoms with Crippen molar-refractivity contribution >= 4 is 39.0 Å². The number of aromatic carboxylic acids is 1. The predicted molar refractivity (Wildman–Crippen MR) is 59.7 cm³/mol. The summed E-state index contributed by atoms with van der Waals surface area (Å²) in [5.41, 5.74) is 0. The van der Waals surface area contributed by atoms with E-state index < -0.39 is 27.1 Å². The van der Waals surface area contributed by atoms with Gasteiger partial charge in [0.15, 0.2) is 0 Å². The van der Waals surface area contributed by atoms with Crippen LogP contribution >= 0.6 is 22.9 Å². The Labute approximate surface area is 102 Å². The van der Waals surface area contributed by atoms with Crippen LogP contribution < -0.4 is 0 Å². The van der Waals surface area contributed by atoms with E-state index in [0.717, 1.165) is 6.07 Å². The minimum absolute atomic E-state index is 0.0864. The number of rotatable bonds is 4. The highest BCUT2D eigenvalue weighted by molar-refractivity contribution is 7.87. The van der Waals surface area contributed by atoms with Crippen LogP contribution in [0.1, 0.15) is 23.5 Å². The number of hydrogen-bond acceptors (Lipinski definition) is 5. The van der Waals surface area contributed by atoms with Crippen molar-refractivity contribution in [2.24, 2.45) is 0 Å². The summed E-state index contributed by atoms with van der Waals surface area (Å²) in [4.78, 5) is 10.1. The van der Waals surface area contributed by atoms with Crippen LogP contribution in [0.5, 0.6) is 0 Å². The van der Waals surface area contributed by atoms with Crippen LogP contribution in [0.25, 0.3) is 0 Å². The maximum absolute atomic E-state index is 11.6. The number of hydrogen-bond donors (Lipinski definition) is 1. The minimum atomic E-state index is -4.07. The van der Waals surface area contributed by atoms with Gasteiger partial charge in [0, 0.05) is 0 Å². The molecule has 0 fully saturated rings. The van der Waals surface area contributed by atoms with E-state index in [-0.39, 0.29) is 9.21 Å². The quantitative estimate of drug-likeness (QED) is 0.858. The number of thiophene rings is 1. The Morgan fingerprint density at radius 3 is 2.56 bits per heavy atom. The first kappa shape index (κ1) is 13.4. The maximum Gasteiger partial charge on any atom is 0.347 e. The smallest absolute Gasteiger partial charge is 0.347 e. The summed E-state index contributed by atoms with van der Waals surface area (Å²) >= 11 is 6.27. The molecule has 1 N–H and O–H groups in total. The van der Waals surface area contributed by atoms with E-state index in [1.165, 1.54) is 13.8 Å². The summed E-state index contributed by atoms with van der Waals surface area (Å²) in [5.74, 6) is -1.34. The highest BCUT2D eigenvalue weighted by Crippen LogP contribution is 2.31.